The SMILES string of the molecule is O=C1c2cc3cc(Cl)ccc3nc2CN1CCCCN1Cc2nc3ccc(Cl)cc3cc2C1=O. The molecule has 4 aromatic rings. The molecule has 0 spiro atoms. The van der Waals surface area contributed by atoms with E-state index in [1.165, 1.54) is 0 Å². The molecule has 34 heavy (non-hydrogen) atoms. The number of halogens is 2. The third-order valence-electron chi connectivity index (χ3n) is 6.53. The maximum atomic E-state index is 12.9. The molecule has 2 amide bonds. The summed E-state index contributed by atoms with van der Waals surface area (Å²) in [5.41, 5.74) is 4.60. The molecule has 0 saturated heterocycles. The zero-order valence-corrected chi connectivity index (χ0v) is 19.7. The topological polar surface area (TPSA) is 66.4 Å². The van der Waals surface area contributed by atoms with Crippen LogP contribution < -0.4 is 0 Å². The van der Waals surface area contributed by atoms with Crippen molar-refractivity contribution in [2.24, 2.45) is 0 Å². The molecule has 170 valence electrons. The third kappa shape index (κ3) is 3.67. The first kappa shape index (κ1) is 21.3. The molecule has 0 saturated carbocycles. The molecule has 2 aliphatic rings. The summed E-state index contributed by atoms with van der Waals surface area (Å²) in [6, 6.07) is 14.8. The Morgan fingerprint density at radius 1 is 0.676 bits per heavy atom. The van der Waals surface area contributed by atoms with Crippen LogP contribution >= 0.6 is 23.2 Å². The molecular weight excluding hydrogens is 471 g/mol. The van der Waals surface area contributed by atoms with Crippen LogP contribution in [0.1, 0.15) is 44.9 Å². The highest BCUT2D eigenvalue weighted by atomic mass is 35.5. The van der Waals surface area contributed by atoms with Gasteiger partial charge in [0.05, 0.1) is 46.6 Å². The monoisotopic (exact) mass is 490 g/mol. The van der Waals surface area contributed by atoms with Crippen molar-refractivity contribution in [1.29, 1.82) is 0 Å². The molecule has 0 N–H and O–H groups in total. The molecule has 6 rings (SSSR count). The Balaban J connectivity index is 1.08. The second kappa shape index (κ2) is 8.22. The van der Waals surface area contributed by atoms with Crippen LogP contribution in [0.5, 0.6) is 0 Å². The molecule has 4 heterocycles. The molecule has 8 heteroatoms. The van der Waals surface area contributed by atoms with Gasteiger partial charge in [-0.1, -0.05) is 23.2 Å². The summed E-state index contributed by atoms with van der Waals surface area (Å²) in [5.74, 6) is 0.00663. The Kier molecular flexibility index (Phi) is 5.15. The van der Waals surface area contributed by atoms with Gasteiger partial charge in [0.15, 0.2) is 0 Å². The third-order valence-corrected chi connectivity index (χ3v) is 7.00. The zero-order chi connectivity index (χ0) is 23.4. The van der Waals surface area contributed by atoms with Crippen molar-refractivity contribution < 1.29 is 9.59 Å². The number of hydrogen-bond acceptors (Lipinski definition) is 4. The minimum atomic E-state index is 0.00332. The largest absolute Gasteiger partial charge is 0.333 e. The first-order chi connectivity index (χ1) is 16.5. The molecular formula is C26H20Cl2N4O2. The molecule has 2 aromatic carbocycles. The summed E-state index contributed by atoms with van der Waals surface area (Å²) in [7, 11) is 0. The number of fused-ring (bicyclic) bond motifs is 4. The van der Waals surface area contributed by atoms with Gasteiger partial charge in [-0.2, -0.15) is 0 Å². The van der Waals surface area contributed by atoms with Crippen LogP contribution in [0.25, 0.3) is 21.8 Å². The fourth-order valence-corrected chi connectivity index (χ4v) is 5.16. The lowest BCUT2D eigenvalue weighted by atomic mass is 10.1. The molecule has 0 aliphatic carbocycles. The standard InChI is InChI=1S/C26H20Cl2N4O2/c27-17-3-5-21-15(9-17)11-19-23(29-21)13-31(25(19)33)7-1-2-8-32-14-24-20(26(32)34)12-16-10-18(28)4-6-22(16)30-24/h3-6,9-12H,1-2,7-8,13-14H2. The van der Waals surface area contributed by atoms with Crippen LogP contribution in [0.15, 0.2) is 48.5 Å². The van der Waals surface area contributed by atoms with Crippen LogP contribution in [0.4, 0.5) is 0 Å². The summed E-state index contributed by atoms with van der Waals surface area (Å²) in [5, 5.41) is 3.00. The van der Waals surface area contributed by atoms with E-state index >= 15 is 0 Å². The summed E-state index contributed by atoms with van der Waals surface area (Å²) in [4.78, 5) is 38.8. The summed E-state index contributed by atoms with van der Waals surface area (Å²) in [6.45, 7) is 2.28. The lowest BCUT2D eigenvalue weighted by Gasteiger charge is -2.18. The number of hydrogen-bond donors (Lipinski definition) is 0. The van der Waals surface area contributed by atoms with Gasteiger partial charge in [0.2, 0.25) is 0 Å². The van der Waals surface area contributed by atoms with Crippen molar-refractivity contribution in [3.63, 3.8) is 0 Å². The average molecular weight is 491 g/mol. The van der Waals surface area contributed by atoms with Crippen molar-refractivity contribution in [2.75, 3.05) is 13.1 Å². The smallest absolute Gasteiger partial charge is 0.256 e. The molecule has 0 unspecified atom stereocenters. The maximum Gasteiger partial charge on any atom is 0.256 e. The molecule has 2 aliphatic heterocycles. The molecule has 0 fully saturated rings. The van der Waals surface area contributed by atoms with Gasteiger partial charge in [-0.05, 0) is 61.4 Å². The average Bonchev–Trinajstić information content (AvgIpc) is 3.29. The number of amides is 2. The van der Waals surface area contributed by atoms with Gasteiger partial charge in [-0.15, -0.1) is 0 Å². The normalized spacial score (nSPS) is 15.0. The van der Waals surface area contributed by atoms with E-state index in [-0.39, 0.29) is 11.8 Å². The number of carbonyl (C=O) groups excluding carboxylic acids is 2. The fourth-order valence-electron chi connectivity index (χ4n) is 4.80. The van der Waals surface area contributed by atoms with E-state index in [0.717, 1.165) is 46.0 Å². The first-order valence-corrected chi connectivity index (χ1v) is 12.0. The van der Waals surface area contributed by atoms with Crippen molar-refractivity contribution in [3.05, 3.63) is 81.1 Å². The van der Waals surface area contributed by atoms with Gasteiger partial charge in [0.25, 0.3) is 11.8 Å². The van der Waals surface area contributed by atoms with E-state index in [2.05, 4.69) is 9.97 Å². The summed E-state index contributed by atoms with van der Waals surface area (Å²) >= 11 is 12.2. The Bertz CT molecular complexity index is 1390. The molecule has 0 atom stereocenters. The van der Waals surface area contributed by atoms with Crippen molar-refractivity contribution >= 4 is 56.8 Å². The molecule has 6 nitrogen and oxygen atoms in total. The predicted molar refractivity (Wildman–Crippen MR) is 132 cm³/mol. The molecule has 0 bridgehead atoms. The number of aromatic nitrogens is 2. The van der Waals surface area contributed by atoms with Gasteiger partial charge in [-0.3, -0.25) is 19.6 Å². The highest BCUT2D eigenvalue weighted by Gasteiger charge is 2.30. The quantitative estimate of drug-likeness (QED) is 0.347. The lowest BCUT2D eigenvalue weighted by molar-refractivity contribution is 0.0746. The highest BCUT2D eigenvalue weighted by molar-refractivity contribution is 6.31. The van der Waals surface area contributed by atoms with Gasteiger partial charge < -0.3 is 9.80 Å². The van der Waals surface area contributed by atoms with Crippen molar-refractivity contribution in [1.82, 2.24) is 19.8 Å². The van der Waals surface area contributed by atoms with Crippen LogP contribution in [-0.2, 0) is 13.1 Å². The number of benzene rings is 2. The van der Waals surface area contributed by atoms with Crippen LogP contribution in [0.2, 0.25) is 10.0 Å². The van der Waals surface area contributed by atoms with E-state index in [9.17, 15) is 9.59 Å². The number of pyridine rings is 2. The Hall–Kier alpha value is -3.22. The number of rotatable bonds is 5. The minimum absolute atomic E-state index is 0.00332. The highest BCUT2D eigenvalue weighted by Crippen LogP contribution is 2.29. The van der Waals surface area contributed by atoms with Gasteiger partial charge in [-0.25, -0.2) is 0 Å². The Labute approximate surface area is 206 Å². The van der Waals surface area contributed by atoms with E-state index in [4.69, 9.17) is 23.2 Å². The van der Waals surface area contributed by atoms with Crippen LogP contribution in [0.3, 0.4) is 0 Å². The predicted octanol–water partition coefficient (Wildman–Crippen LogP) is 5.48. The minimum Gasteiger partial charge on any atom is -0.333 e. The maximum absolute atomic E-state index is 12.9. The zero-order valence-electron chi connectivity index (χ0n) is 18.2. The van der Waals surface area contributed by atoms with Gasteiger partial charge in [0.1, 0.15) is 0 Å². The second-order valence-corrected chi connectivity index (χ2v) is 9.67. The summed E-state index contributed by atoms with van der Waals surface area (Å²) in [6.07, 6.45) is 1.60. The Morgan fingerprint density at radius 3 is 1.56 bits per heavy atom. The fraction of sp³-hybridized carbons (Fsp3) is 0.231. The van der Waals surface area contributed by atoms with Crippen molar-refractivity contribution in [2.45, 2.75) is 25.9 Å². The van der Waals surface area contributed by atoms with Crippen molar-refractivity contribution in [3.8, 4) is 0 Å². The number of carbonyl (C=O) groups is 2. The van der Waals surface area contributed by atoms with E-state index in [1.807, 2.05) is 58.3 Å². The Morgan fingerprint density at radius 2 is 1.12 bits per heavy atom. The van der Waals surface area contributed by atoms with E-state index in [0.29, 0.717) is 47.4 Å². The van der Waals surface area contributed by atoms with E-state index in [1.54, 1.807) is 0 Å². The first-order valence-electron chi connectivity index (χ1n) is 11.2. The molecule has 2 aromatic heterocycles. The second-order valence-electron chi connectivity index (χ2n) is 8.80. The number of nitrogens with zero attached hydrogens (tertiary/aromatic N) is 4. The van der Waals surface area contributed by atoms with Crippen LogP contribution in [0, 0.1) is 0 Å². The summed E-state index contributed by atoms with van der Waals surface area (Å²) < 4.78 is 0. The van der Waals surface area contributed by atoms with Gasteiger partial charge >= 0.3 is 0 Å². The van der Waals surface area contributed by atoms with Gasteiger partial charge in [0, 0.05) is 33.9 Å². The lowest BCUT2D eigenvalue weighted by Crippen LogP contribution is -2.28. The van der Waals surface area contributed by atoms with E-state index < -0.39 is 0 Å². The molecule has 0 radical (unpaired) electrons. The van der Waals surface area contributed by atoms with Crippen LogP contribution in [-0.4, -0.2) is 44.7 Å². The number of unbranched alkanes of at least 4 members (excludes halogenated alkanes) is 1.